The van der Waals surface area contributed by atoms with Crippen LogP contribution < -0.4 is 15.4 Å². The van der Waals surface area contributed by atoms with Crippen LogP contribution in [0, 0.1) is 5.92 Å². The van der Waals surface area contributed by atoms with E-state index in [1.807, 2.05) is 0 Å². The van der Waals surface area contributed by atoms with Crippen molar-refractivity contribution in [3.05, 3.63) is 48.5 Å². The van der Waals surface area contributed by atoms with Crippen molar-refractivity contribution in [3.63, 3.8) is 0 Å². The molecular weight excluding hydrogens is 308 g/mol. The molecule has 2 N–H and O–H groups in total. The zero-order valence-electron chi connectivity index (χ0n) is 15.4. The molecule has 1 fully saturated rings. The highest BCUT2D eigenvalue weighted by Gasteiger charge is 2.27. The van der Waals surface area contributed by atoms with Crippen LogP contribution in [0.2, 0.25) is 0 Å². The third kappa shape index (κ3) is 4.16. The first-order valence-corrected chi connectivity index (χ1v) is 9.47. The fourth-order valence-electron chi connectivity index (χ4n) is 3.79. The fraction of sp³-hybridized carbons (Fsp3) is 0.455. The van der Waals surface area contributed by atoms with Gasteiger partial charge in [0.15, 0.2) is 0 Å². The Kier molecular flexibility index (Phi) is 5.98. The molecule has 134 valence electrons. The van der Waals surface area contributed by atoms with Gasteiger partial charge < -0.3 is 15.4 Å². The maximum Gasteiger partial charge on any atom is 0.142 e. The van der Waals surface area contributed by atoms with Gasteiger partial charge in [-0.1, -0.05) is 56.2 Å². The predicted molar refractivity (Wildman–Crippen MR) is 106 cm³/mol. The Morgan fingerprint density at radius 3 is 2.64 bits per heavy atom. The van der Waals surface area contributed by atoms with Gasteiger partial charge in [-0.25, -0.2) is 0 Å². The van der Waals surface area contributed by atoms with E-state index < -0.39 is 0 Å². The van der Waals surface area contributed by atoms with Gasteiger partial charge >= 0.3 is 0 Å². The Hall–Kier alpha value is -2.00. The summed E-state index contributed by atoms with van der Waals surface area (Å²) in [6.07, 6.45) is 4.76. The van der Waals surface area contributed by atoms with E-state index in [0.29, 0.717) is 12.0 Å². The van der Waals surface area contributed by atoms with E-state index in [1.165, 1.54) is 36.1 Å². The third-order valence-electron chi connectivity index (χ3n) is 5.35. The molecule has 1 heterocycles. The van der Waals surface area contributed by atoms with Gasteiger partial charge in [0.1, 0.15) is 5.75 Å². The molecule has 0 radical (unpaired) electrons. The Balaban J connectivity index is 1.87. The van der Waals surface area contributed by atoms with Gasteiger partial charge in [0.25, 0.3) is 0 Å². The van der Waals surface area contributed by atoms with E-state index in [1.54, 1.807) is 7.11 Å². The van der Waals surface area contributed by atoms with Gasteiger partial charge in [-0.15, -0.1) is 0 Å². The van der Waals surface area contributed by atoms with E-state index in [9.17, 15) is 0 Å². The largest absolute Gasteiger partial charge is 0.495 e. The van der Waals surface area contributed by atoms with Gasteiger partial charge in [0, 0.05) is 19.1 Å². The molecule has 1 aliphatic rings. The number of unbranched alkanes of at least 4 members (excludes halogenated alkanes) is 1. The summed E-state index contributed by atoms with van der Waals surface area (Å²) in [6.45, 7) is 4.27. The Labute approximate surface area is 151 Å². The molecule has 0 spiro atoms. The summed E-state index contributed by atoms with van der Waals surface area (Å²) in [5.74, 6) is 1.52. The smallest absolute Gasteiger partial charge is 0.142 e. The summed E-state index contributed by atoms with van der Waals surface area (Å²) >= 11 is 0. The van der Waals surface area contributed by atoms with Crippen LogP contribution in [0.3, 0.4) is 0 Å². The molecule has 0 amide bonds. The minimum atomic E-state index is 0.325. The van der Waals surface area contributed by atoms with E-state index >= 15 is 0 Å². The lowest BCUT2D eigenvalue weighted by molar-refractivity contribution is 0.327. The van der Waals surface area contributed by atoms with Crippen LogP contribution in [0.15, 0.2) is 48.5 Å². The second kappa shape index (κ2) is 8.39. The number of ether oxygens (including phenoxy) is 1. The highest BCUT2D eigenvalue weighted by molar-refractivity contribution is 5.72. The van der Waals surface area contributed by atoms with Crippen LogP contribution in [0.1, 0.15) is 32.6 Å². The number of hydrogen-bond donors (Lipinski definition) is 1. The van der Waals surface area contributed by atoms with Gasteiger partial charge in [0.05, 0.1) is 12.8 Å². The predicted octanol–water partition coefficient (Wildman–Crippen LogP) is 4.71. The molecule has 3 nitrogen and oxygen atoms in total. The quantitative estimate of drug-likeness (QED) is 0.829. The summed E-state index contributed by atoms with van der Waals surface area (Å²) in [6, 6.07) is 17.4. The van der Waals surface area contributed by atoms with Gasteiger partial charge in [0.2, 0.25) is 0 Å². The van der Waals surface area contributed by atoms with Crippen LogP contribution in [0.5, 0.6) is 5.75 Å². The number of benzene rings is 2. The van der Waals surface area contributed by atoms with Crippen molar-refractivity contribution in [1.29, 1.82) is 0 Å². The van der Waals surface area contributed by atoms with Crippen molar-refractivity contribution in [2.45, 2.75) is 38.6 Å². The standard InChI is InChI=1S/C22H30N2O/c1-3-4-8-19-16-24(14-13-20(19)23)21-15-18(11-12-22(21)25-2)17-9-6-5-7-10-17/h5-7,9-12,15,19-20H,3-4,8,13-14,16,23H2,1-2H3/t19-,20+/m0/s1. The van der Waals surface area contributed by atoms with Crippen LogP contribution in [-0.4, -0.2) is 26.2 Å². The summed E-state index contributed by atoms with van der Waals surface area (Å²) in [4.78, 5) is 2.47. The minimum Gasteiger partial charge on any atom is -0.495 e. The number of methoxy groups -OCH3 is 1. The van der Waals surface area contributed by atoms with Gasteiger partial charge in [-0.05, 0) is 42.0 Å². The maximum atomic E-state index is 6.39. The van der Waals surface area contributed by atoms with E-state index in [0.717, 1.165) is 25.3 Å². The lowest BCUT2D eigenvalue weighted by atomic mass is 9.88. The molecular formula is C22H30N2O. The molecule has 2 aromatic carbocycles. The average Bonchev–Trinajstić information content (AvgIpc) is 2.67. The van der Waals surface area contributed by atoms with Crippen molar-refractivity contribution < 1.29 is 4.74 Å². The third-order valence-corrected chi connectivity index (χ3v) is 5.35. The SMILES string of the molecule is CCCC[C@H]1CN(c2cc(-c3ccccc3)ccc2OC)CC[C@H]1N. The highest BCUT2D eigenvalue weighted by Crippen LogP contribution is 2.36. The Morgan fingerprint density at radius 1 is 1.12 bits per heavy atom. The lowest BCUT2D eigenvalue weighted by Gasteiger charge is -2.39. The summed E-state index contributed by atoms with van der Waals surface area (Å²) in [5.41, 5.74) is 10.1. The second-order valence-electron chi connectivity index (χ2n) is 7.05. The van der Waals surface area contributed by atoms with Crippen LogP contribution >= 0.6 is 0 Å². The average molecular weight is 338 g/mol. The lowest BCUT2D eigenvalue weighted by Crippen LogP contribution is -2.47. The monoisotopic (exact) mass is 338 g/mol. The number of piperidine rings is 1. The Morgan fingerprint density at radius 2 is 1.92 bits per heavy atom. The topological polar surface area (TPSA) is 38.5 Å². The molecule has 2 atom stereocenters. The van der Waals surface area contributed by atoms with Crippen molar-refractivity contribution in [1.82, 2.24) is 0 Å². The maximum absolute atomic E-state index is 6.39. The minimum absolute atomic E-state index is 0.325. The second-order valence-corrected chi connectivity index (χ2v) is 7.05. The number of nitrogens with two attached hydrogens (primary N) is 1. The molecule has 0 aromatic heterocycles. The van der Waals surface area contributed by atoms with Crippen LogP contribution in [-0.2, 0) is 0 Å². The molecule has 3 rings (SSSR count). The van der Waals surface area contributed by atoms with Crippen LogP contribution in [0.4, 0.5) is 5.69 Å². The molecule has 0 aliphatic carbocycles. The summed E-state index contributed by atoms with van der Waals surface area (Å²) < 4.78 is 5.66. The molecule has 3 heteroatoms. The van der Waals surface area contributed by atoms with Crippen molar-refractivity contribution in [2.24, 2.45) is 11.7 Å². The first-order valence-electron chi connectivity index (χ1n) is 9.47. The number of nitrogens with zero attached hydrogens (tertiary/aromatic N) is 1. The normalized spacial score (nSPS) is 20.5. The first kappa shape index (κ1) is 17.8. The van der Waals surface area contributed by atoms with Gasteiger partial charge in [-0.3, -0.25) is 0 Å². The molecule has 0 bridgehead atoms. The highest BCUT2D eigenvalue weighted by atomic mass is 16.5. The molecule has 2 aromatic rings. The molecule has 0 saturated carbocycles. The zero-order valence-corrected chi connectivity index (χ0v) is 15.4. The molecule has 1 aliphatic heterocycles. The summed E-state index contributed by atoms with van der Waals surface area (Å²) in [7, 11) is 1.76. The zero-order chi connectivity index (χ0) is 17.6. The van der Waals surface area contributed by atoms with Crippen molar-refractivity contribution in [2.75, 3.05) is 25.1 Å². The first-order chi connectivity index (χ1) is 12.2. The number of anilines is 1. The number of rotatable bonds is 6. The van der Waals surface area contributed by atoms with E-state index in [-0.39, 0.29) is 0 Å². The van der Waals surface area contributed by atoms with E-state index in [4.69, 9.17) is 10.5 Å². The molecule has 1 saturated heterocycles. The van der Waals surface area contributed by atoms with Crippen molar-refractivity contribution >= 4 is 5.69 Å². The van der Waals surface area contributed by atoms with Crippen molar-refractivity contribution in [3.8, 4) is 16.9 Å². The molecule has 0 unspecified atom stereocenters. The molecule has 25 heavy (non-hydrogen) atoms. The summed E-state index contributed by atoms with van der Waals surface area (Å²) in [5, 5.41) is 0. The number of hydrogen-bond acceptors (Lipinski definition) is 3. The Bertz CT molecular complexity index is 671. The van der Waals surface area contributed by atoms with E-state index in [2.05, 4.69) is 60.4 Å². The van der Waals surface area contributed by atoms with Gasteiger partial charge in [-0.2, -0.15) is 0 Å². The van der Waals surface area contributed by atoms with Crippen LogP contribution in [0.25, 0.3) is 11.1 Å². The fourth-order valence-corrected chi connectivity index (χ4v) is 3.79.